The lowest BCUT2D eigenvalue weighted by Crippen LogP contribution is -2.46. The largest absolute Gasteiger partial charge is 0.422 e. The van der Waals surface area contributed by atoms with E-state index < -0.39 is 23.6 Å². The molecule has 0 bridgehead atoms. The molecule has 0 unspecified atom stereocenters. The summed E-state index contributed by atoms with van der Waals surface area (Å²) in [7, 11) is 0. The van der Waals surface area contributed by atoms with Crippen LogP contribution in [0.15, 0.2) is 53.5 Å². The summed E-state index contributed by atoms with van der Waals surface area (Å²) in [5.74, 6) is -3.40. The average molecular weight is 324 g/mol. The third-order valence-electron chi connectivity index (χ3n) is 3.36. The Morgan fingerprint density at radius 3 is 2.33 bits per heavy atom. The zero-order valence-corrected chi connectivity index (χ0v) is 13.3. The van der Waals surface area contributed by atoms with E-state index in [-0.39, 0.29) is 0 Å². The van der Waals surface area contributed by atoms with Crippen molar-refractivity contribution in [3.63, 3.8) is 0 Å². The molecule has 2 aromatic rings. The van der Waals surface area contributed by atoms with Crippen LogP contribution in [0.25, 0.3) is 11.3 Å². The van der Waals surface area contributed by atoms with Crippen molar-refractivity contribution in [2.24, 2.45) is 10.9 Å². The summed E-state index contributed by atoms with van der Waals surface area (Å²) in [4.78, 5) is 32.3. The molecule has 1 aliphatic heterocycles. The second-order valence-electron chi connectivity index (χ2n) is 5.74. The normalized spacial score (nSPS) is 17.6. The van der Waals surface area contributed by atoms with Crippen LogP contribution >= 0.6 is 0 Å². The maximum atomic E-state index is 11.9. The number of ether oxygens (including phenoxy) is 2. The first-order valence-electron chi connectivity index (χ1n) is 7.47. The molecule has 0 atom stereocenters. The van der Waals surface area contributed by atoms with E-state index in [9.17, 15) is 9.59 Å². The topological polar surface area (TPSA) is 77.9 Å². The molecule has 6 heteroatoms. The Labute approximate surface area is 139 Å². The number of esters is 2. The van der Waals surface area contributed by atoms with Gasteiger partial charge in [0.2, 0.25) is 0 Å². The summed E-state index contributed by atoms with van der Waals surface area (Å²) >= 11 is 0. The van der Waals surface area contributed by atoms with Crippen molar-refractivity contribution in [2.75, 3.05) is 0 Å². The standard InChI is InChI=1S/C18H16N2O4/c1-18(2)23-16(21)13(17(22)24-18)11-19-15-10-6-9-14(20-15)12-7-4-3-5-8-12/h3-11,13H,1-2H3. The number of pyridine rings is 1. The number of carbonyl (C=O) groups excluding carboxylic acids is 2. The van der Waals surface area contributed by atoms with E-state index in [1.807, 2.05) is 42.5 Å². The molecular weight excluding hydrogens is 308 g/mol. The van der Waals surface area contributed by atoms with Gasteiger partial charge in [0.15, 0.2) is 11.7 Å². The van der Waals surface area contributed by atoms with Gasteiger partial charge in [0.1, 0.15) is 0 Å². The molecule has 1 fully saturated rings. The van der Waals surface area contributed by atoms with Crippen LogP contribution in [0.1, 0.15) is 13.8 Å². The Morgan fingerprint density at radius 1 is 1.00 bits per heavy atom. The molecule has 0 radical (unpaired) electrons. The summed E-state index contributed by atoms with van der Waals surface area (Å²) in [6.07, 6.45) is 1.21. The fraction of sp³-hybridized carbons (Fsp3) is 0.222. The van der Waals surface area contributed by atoms with E-state index in [4.69, 9.17) is 9.47 Å². The number of hydrogen-bond donors (Lipinski definition) is 0. The van der Waals surface area contributed by atoms with E-state index >= 15 is 0 Å². The third-order valence-corrected chi connectivity index (χ3v) is 3.36. The maximum absolute atomic E-state index is 11.9. The number of rotatable bonds is 3. The van der Waals surface area contributed by atoms with Crippen molar-refractivity contribution in [1.29, 1.82) is 0 Å². The van der Waals surface area contributed by atoms with E-state index in [1.165, 1.54) is 20.1 Å². The van der Waals surface area contributed by atoms with Gasteiger partial charge >= 0.3 is 11.9 Å². The zero-order valence-electron chi connectivity index (χ0n) is 13.3. The van der Waals surface area contributed by atoms with Gasteiger partial charge in [0.05, 0.1) is 5.69 Å². The Hall–Kier alpha value is -3.02. The first-order valence-corrected chi connectivity index (χ1v) is 7.47. The Balaban J connectivity index is 1.80. The lowest BCUT2D eigenvalue weighted by molar-refractivity contribution is -0.235. The number of hydrogen-bond acceptors (Lipinski definition) is 6. The van der Waals surface area contributed by atoms with Crippen molar-refractivity contribution in [1.82, 2.24) is 4.98 Å². The van der Waals surface area contributed by atoms with Crippen LogP contribution in [0.3, 0.4) is 0 Å². The summed E-state index contributed by atoms with van der Waals surface area (Å²) in [5, 5.41) is 0. The number of benzene rings is 1. The smallest absolute Gasteiger partial charge is 0.329 e. The molecule has 1 aromatic heterocycles. The summed E-state index contributed by atoms with van der Waals surface area (Å²) in [6, 6.07) is 15.0. The first kappa shape index (κ1) is 15.9. The lowest BCUT2D eigenvalue weighted by Gasteiger charge is -2.31. The molecule has 122 valence electrons. The van der Waals surface area contributed by atoms with Crippen molar-refractivity contribution >= 4 is 24.0 Å². The minimum Gasteiger partial charge on any atom is -0.422 e. The number of nitrogens with zero attached hydrogens (tertiary/aromatic N) is 2. The van der Waals surface area contributed by atoms with E-state index in [0.717, 1.165) is 11.3 Å². The minimum atomic E-state index is -1.25. The third kappa shape index (κ3) is 3.48. The highest BCUT2D eigenvalue weighted by Gasteiger charge is 2.42. The molecule has 0 spiro atoms. The van der Waals surface area contributed by atoms with Gasteiger partial charge in [-0.3, -0.25) is 9.59 Å². The average Bonchev–Trinajstić information content (AvgIpc) is 2.54. The molecule has 3 rings (SSSR count). The van der Waals surface area contributed by atoms with E-state index in [1.54, 1.807) is 6.07 Å². The molecule has 0 saturated carbocycles. The van der Waals surface area contributed by atoms with Crippen molar-refractivity contribution < 1.29 is 19.1 Å². The molecule has 2 heterocycles. The van der Waals surface area contributed by atoms with Gasteiger partial charge in [-0.05, 0) is 12.1 Å². The van der Waals surface area contributed by atoms with Gasteiger partial charge < -0.3 is 9.47 Å². The number of aliphatic imine (C=N–C) groups is 1. The Kier molecular flexibility index (Phi) is 4.12. The molecule has 1 aliphatic rings. The van der Waals surface area contributed by atoms with Crippen LogP contribution < -0.4 is 0 Å². The van der Waals surface area contributed by atoms with E-state index in [0.29, 0.717) is 5.82 Å². The van der Waals surface area contributed by atoms with Crippen LogP contribution in [0.5, 0.6) is 0 Å². The van der Waals surface area contributed by atoms with Gasteiger partial charge in [-0.15, -0.1) is 0 Å². The monoisotopic (exact) mass is 324 g/mol. The Bertz CT molecular complexity index is 780. The molecule has 6 nitrogen and oxygen atoms in total. The van der Waals surface area contributed by atoms with Crippen LogP contribution in [0, 0.1) is 5.92 Å². The van der Waals surface area contributed by atoms with Crippen molar-refractivity contribution in [2.45, 2.75) is 19.6 Å². The van der Waals surface area contributed by atoms with Crippen LogP contribution in [0.4, 0.5) is 5.82 Å². The molecule has 0 amide bonds. The summed E-state index contributed by atoms with van der Waals surface area (Å²) in [5.41, 5.74) is 1.70. The fourth-order valence-corrected chi connectivity index (χ4v) is 2.27. The van der Waals surface area contributed by atoms with Crippen LogP contribution in [0.2, 0.25) is 0 Å². The van der Waals surface area contributed by atoms with Crippen LogP contribution in [-0.2, 0) is 19.1 Å². The second-order valence-corrected chi connectivity index (χ2v) is 5.74. The quantitative estimate of drug-likeness (QED) is 0.493. The van der Waals surface area contributed by atoms with Crippen molar-refractivity contribution in [3.8, 4) is 11.3 Å². The molecule has 1 aromatic carbocycles. The SMILES string of the molecule is CC1(C)OC(=O)C(C=Nc2cccc(-c3ccccc3)n2)C(=O)O1. The molecule has 24 heavy (non-hydrogen) atoms. The Morgan fingerprint density at radius 2 is 1.67 bits per heavy atom. The number of aromatic nitrogens is 1. The second kappa shape index (κ2) is 6.23. The zero-order chi connectivity index (χ0) is 17.2. The van der Waals surface area contributed by atoms with Gasteiger partial charge in [-0.2, -0.15) is 0 Å². The summed E-state index contributed by atoms with van der Waals surface area (Å²) in [6.45, 7) is 3.00. The van der Waals surface area contributed by atoms with Gasteiger partial charge in [-0.25, -0.2) is 9.98 Å². The number of cyclic esters (lactones) is 2. The minimum absolute atomic E-state index is 0.391. The van der Waals surface area contributed by atoms with Gasteiger partial charge in [0, 0.05) is 25.6 Å². The van der Waals surface area contributed by atoms with E-state index in [2.05, 4.69) is 9.98 Å². The maximum Gasteiger partial charge on any atom is 0.329 e. The summed E-state index contributed by atoms with van der Waals surface area (Å²) < 4.78 is 10.1. The first-order chi connectivity index (χ1) is 11.4. The fourth-order valence-electron chi connectivity index (χ4n) is 2.27. The van der Waals surface area contributed by atoms with Gasteiger partial charge in [0.25, 0.3) is 5.79 Å². The molecule has 0 aliphatic carbocycles. The predicted molar refractivity (Wildman–Crippen MR) is 87.6 cm³/mol. The highest BCUT2D eigenvalue weighted by atomic mass is 16.7. The van der Waals surface area contributed by atoms with Crippen LogP contribution in [-0.4, -0.2) is 28.9 Å². The highest BCUT2D eigenvalue weighted by Crippen LogP contribution is 2.23. The van der Waals surface area contributed by atoms with Crippen molar-refractivity contribution in [3.05, 3.63) is 48.5 Å². The molecule has 1 saturated heterocycles. The molecular formula is C18H16N2O4. The lowest BCUT2D eigenvalue weighted by atomic mass is 10.1. The predicted octanol–water partition coefficient (Wildman–Crippen LogP) is 2.90. The van der Waals surface area contributed by atoms with Gasteiger partial charge in [-0.1, -0.05) is 36.4 Å². The highest BCUT2D eigenvalue weighted by molar-refractivity contribution is 6.10. The molecule has 0 N–H and O–H groups in total. The number of carbonyl (C=O) groups is 2.